The molecule has 1 atom stereocenters. The summed E-state index contributed by atoms with van der Waals surface area (Å²) in [5.41, 5.74) is 2.52. The van der Waals surface area contributed by atoms with Gasteiger partial charge in [-0.3, -0.25) is 0 Å². The molecule has 79 valence electrons. The van der Waals surface area contributed by atoms with E-state index in [1.807, 2.05) is 6.08 Å². The molecule has 1 aromatic carbocycles. The minimum atomic E-state index is 0.146. The summed E-state index contributed by atoms with van der Waals surface area (Å²) >= 11 is 0. The van der Waals surface area contributed by atoms with Gasteiger partial charge in [0.25, 0.3) is 0 Å². The third-order valence-electron chi connectivity index (χ3n) is 2.99. The summed E-state index contributed by atoms with van der Waals surface area (Å²) in [6, 6.07) is 6.40. The number of hydrogen-bond donors (Lipinski definition) is 0. The van der Waals surface area contributed by atoms with Gasteiger partial charge >= 0.3 is 0 Å². The van der Waals surface area contributed by atoms with E-state index in [1.165, 1.54) is 24.0 Å². The molecule has 1 nitrogen and oxygen atoms in total. The number of ether oxygens (including phenoxy) is 1. The van der Waals surface area contributed by atoms with Crippen LogP contribution in [0.3, 0.4) is 0 Å². The molecule has 0 saturated heterocycles. The monoisotopic (exact) mass is 201 g/mol. The van der Waals surface area contributed by atoms with E-state index >= 15 is 0 Å². The maximum atomic E-state index is 5.42. The number of benzene rings is 1. The first-order valence-corrected chi connectivity index (χ1v) is 5.39. The smallest absolute Gasteiger partial charge is 0.122 e. The maximum absolute atomic E-state index is 5.42. The van der Waals surface area contributed by atoms with Gasteiger partial charge in [-0.15, -0.1) is 6.58 Å². The Hall–Kier alpha value is -1.24. The highest BCUT2D eigenvalue weighted by Crippen LogP contribution is 2.44. The van der Waals surface area contributed by atoms with Crippen LogP contribution in [0, 0.1) is 6.92 Å². The van der Waals surface area contributed by atoms with Gasteiger partial charge in [-0.25, -0.2) is 0 Å². The van der Waals surface area contributed by atoms with Gasteiger partial charge in [-0.2, -0.15) is 0 Å². The molecule has 1 aromatic rings. The van der Waals surface area contributed by atoms with Gasteiger partial charge in [0, 0.05) is 5.92 Å². The zero-order valence-corrected chi connectivity index (χ0v) is 9.20. The molecule has 1 aliphatic carbocycles. The lowest BCUT2D eigenvalue weighted by Gasteiger charge is -2.12. The fraction of sp³-hybridized carbons (Fsp3) is 0.357. The molecule has 0 aliphatic heterocycles. The highest BCUT2D eigenvalue weighted by molar-refractivity contribution is 5.43. The molecule has 1 aliphatic rings. The van der Waals surface area contributed by atoms with Crippen molar-refractivity contribution in [3.63, 3.8) is 0 Å². The molecule has 1 saturated carbocycles. The van der Waals surface area contributed by atoms with E-state index in [0.717, 1.165) is 11.7 Å². The predicted octanol–water partition coefficient (Wildman–Crippen LogP) is 3.68. The van der Waals surface area contributed by atoms with E-state index in [4.69, 9.17) is 4.74 Å². The lowest BCUT2D eigenvalue weighted by Crippen LogP contribution is -1.95. The summed E-state index contributed by atoms with van der Waals surface area (Å²) in [7, 11) is 1.73. The second kappa shape index (κ2) is 4.09. The third-order valence-corrected chi connectivity index (χ3v) is 2.99. The highest BCUT2D eigenvalue weighted by atomic mass is 16.5. The van der Waals surface area contributed by atoms with Crippen LogP contribution in [0.25, 0.3) is 0 Å². The van der Waals surface area contributed by atoms with Crippen molar-refractivity contribution in [2.45, 2.75) is 24.7 Å². The zero-order chi connectivity index (χ0) is 10.8. The van der Waals surface area contributed by atoms with Crippen LogP contribution in [0.15, 0.2) is 30.9 Å². The zero-order valence-electron chi connectivity index (χ0n) is 9.20. The van der Waals surface area contributed by atoms with Crippen molar-refractivity contribution in [3.05, 3.63) is 48.9 Å². The van der Waals surface area contributed by atoms with Crippen LogP contribution >= 0.6 is 0 Å². The molecule has 2 rings (SSSR count). The number of hydrogen-bond acceptors (Lipinski definition) is 1. The first-order valence-electron chi connectivity index (χ1n) is 5.39. The topological polar surface area (TPSA) is 9.23 Å². The SMILES string of the molecule is [CH2]C(C=C)c1ccc(C2CC2)c(OC)c1. The molecule has 0 N–H and O–H groups in total. The fourth-order valence-corrected chi connectivity index (χ4v) is 1.83. The minimum Gasteiger partial charge on any atom is -0.496 e. The molecular formula is C14H17O. The van der Waals surface area contributed by atoms with Gasteiger partial charge in [-0.05, 0) is 42.9 Å². The van der Waals surface area contributed by atoms with Crippen molar-refractivity contribution in [2.75, 3.05) is 7.11 Å². The van der Waals surface area contributed by atoms with Gasteiger partial charge in [-0.1, -0.05) is 18.2 Å². The van der Waals surface area contributed by atoms with Gasteiger partial charge < -0.3 is 4.74 Å². The summed E-state index contributed by atoms with van der Waals surface area (Å²) < 4.78 is 5.42. The highest BCUT2D eigenvalue weighted by Gasteiger charge is 2.26. The molecule has 1 fully saturated rings. The first kappa shape index (κ1) is 10.3. The summed E-state index contributed by atoms with van der Waals surface area (Å²) in [6.45, 7) is 7.78. The molecule has 0 spiro atoms. The van der Waals surface area contributed by atoms with Crippen LogP contribution < -0.4 is 4.74 Å². The molecule has 1 heteroatoms. The Morgan fingerprint density at radius 1 is 1.47 bits per heavy atom. The Balaban J connectivity index is 2.33. The molecule has 0 heterocycles. The second-order valence-electron chi connectivity index (χ2n) is 4.12. The van der Waals surface area contributed by atoms with Crippen molar-refractivity contribution < 1.29 is 4.74 Å². The van der Waals surface area contributed by atoms with Crippen molar-refractivity contribution in [2.24, 2.45) is 0 Å². The average molecular weight is 201 g/mol. The van der Waals surface area contributed by atoms with Crippen molar-refractivity contribution in [3.8, 4) is 5.75 Å². The van der Waals surface area contributed by atoms with Crippen LogP contribution in [0.4, 0.5) is 0 Å². The number of allylic oxidation sites excluding steroid dienone is 1. The van der Waals surface area contributed by atoms with E-state index in [0.29, 0.717) is 0 Å². The van der Waals surface area contributed by atoms with Crippen molar-refractivity contribution in [1.82, 2.24) is 0 Å². The summed E-state index contributed by atoms with van der Waals surface area (Å²) in [4.78, 5) is 0. The molecule has 0 bridgehead atoms. The van der Waals surface area contributed by atoms with Crippen LogP contribution in [0.5, 0.6) is 5.75 Å². The van der Waals surface area contributed by atoms with Crippen LogP contribution in [-0.4, -0.2) is 7.11 Å². The fourth-order valence-electron chi connectivity index (χ4n) is 1.83. The quantitative estimate of drug-likeness (QED) is 0.675. The van der Waals surface area contributed by atoms with Gasteiger partial charge in [0.05, 0.1) is 7.11 Å². The van der Waals surface area contributed by atoms with E-state index in [1.54, 1.807) is 7.11 Å². The van der Waals surface area contributed by atoms with Crippen molar-refractivity contribution >= 4 is 0 Å². The minimum absolute atomic E-state index is 0.146. The standard InChI is InChI=1S/C14H17O/c1-4-10(2)12-7-8-13(11-5-6-11)14(9-12)15-3/h4,7-11H,1-2,5-6H2,3H3. The maximum Gasteiger partial charge on any atom is 0.122 e. The lowest BCUT2D eigenvalue weighted by molar-refractivity contribution is 0.409. The van der Waals surface area contributed by atoms with Crippen molar-refractivity contribution in [1.29, 1.82) is 0 Å². The number of rotatable bonds is 4. The van der Waals surface area contributed by atoms with E-state index < -0.39 is 0 Å². The molecule has 15 heavy (non-hydrogen) atoms. The van der Waals surface area contributed by atoms with Crippen LogP contribution in [-0.2, 0) is 0 Å². The van der Waals surface area contributed by atoms with E-state index in [2.05, 4.69) is 31.7 Å². The first-order chi connectivity index (χ1) is 7.26. The molecule has 0 aromatic heterocycles. The second-order valence-corrected chi connectivity index (χ2v) is 4.12. The Morgan fingerprint density at radius 2 is 2.20 bits per heavy atom. The molecule has 1 unspecified atom stereocenters. The van der Waals surface area contributed by atoms with Crippen LogP contribution in [0.2, 0.25) is 0 Å². The Bertz CT molecular complexity index is 364. The summed E-state index contributed by atoms with van der Waals surface area (Å²) in [5, 5.41) is 0. The summed E-state index contributed by atoms with van der Waals surface area (Å²) in [6.07, 6.45) is 4.45. The Labute approximate surface area is 91.8 Å². The van der Waals surface area contributed by atoms with Gasteiger partial charge in [0.1, 0.15) is 5.75 Å². The summed E-state index contributed by atoms with van der Waals surface area (Å²) in [5.74, 6) is 1.87. The lowest BCUT2D eigenvalue weighted by atomic mass is 9.98. The normalized spacial score (nSPS) is 17.2. The Kier molecular flexibility index (Phi) is 2.81. The molecular weight excluding hydrogens is 184 g/mol. The molecule has 1 radical (unpaired) electrons. The van der Waals surface area contributed by atoms with E-state index in [-0.39, 0.29) is 5.92 Å². The largest absolute Gasteiger partial charge is 0.496 e. The third kappa shape index (κ3) is 2.06. The van der Waals surface area contributed by atoms with Gasteiger partial charge in [0.2, 0.25) is 0 Å². The Morgan fingerprint density at radius 3 is 2.73 bits per heavy atom. The predicted molar refractivity (Wildman–Crippen MR) is 63.3 cm³/mol. The van der Waals surface area contributed by atoms with Crippen LogP contribution in [0.1, 0.15) is 35.8 Å². The van der Waals surface area contributed by atoms with Gasteiger partial charge in [0.15, 0.2) is 0 Å². The molecule has 0 amide bonds. The number of methoxy groups -OCH3 is 1. The average Bonchev–Trinajstić information content (AvgIpc) is 3.11. The van der Waals surface area contributed by atoms with E-state index in [9.17, 15) is 0 Å².